The third-order valence-corrected chi connectivity index (χ3v) is 3.20. The highest BCUT2D eigenvalue weighted by Crippen LogP contribution is 2.29. The van der Waals surface area contributed by atoms with Crippen LogP contribution in [-0.2, 0) is 6.42 Å². The molecule has 0 fully saturated rings. The van der Waals surface area contributed by atoms with Gasteiger partial charge in [-0.25, -0.2) is 0 Å². The Balaban J connectivity index is 3.01. The van der Waals surface area contributed by atoms with Crippen molar-refractivity contribution in [1.82, 2.24) is 0 Å². The second-order valence-corrected chi connectivity index (χ2v) is 4.10. The van der Waals surface area contributed by atoms with Gasteiger partial charge in [0.15, 0.2) is 0 Å². The van der Waals surface area contributed by atoms with E-state index in [4.69, 9.17) is 10.5 Å². The van der Waals surface area contributed by atoms with Crippen LogP contribution in [0.3, 0.4) is 0 Å². The third-order valence-electron chi connectivity index (χ3n) is 2.34. The molecule has 0 aliphatic rings. The van der Waals surface area contributed by atoms with E-state index in [-0.39, 0.29) is 0 Å². The first-order chi connectivity index (χ1) is 6.70. The fourth-order valence-electron chi connectivity index (χ4n) is 1.48. The van der Waals surface area contributed by atoms with E-state index in [0.717, 1.165) is 29.6 Å². The zero-order valence-corrected chi connectivity index (χ0v) is 10.2. The smallest absolute Gasteiger partial charge is 0.122 e. The maximum Gasteiger partial charge on any atom is 0.122 e. The predicted molar refractivity (Wildman–Crippen MR) is 62.8 cm³/mol. The van der Waals surface area contributed by atoms with Crippen molar-refractivity contribution >= 4 is 15.9 Å². The van der Waals surface area contributed by atoms with Gasteiger partial charge in [0, 0.05) is 4.47 Å². The van der Waals surface area contributed by atoms with Crippen LogP contribution in [0.2, 0.25) is 0 Å². The Morgan fingerprint density at radius 2 is 2.14 bits per heavy atom. The van der Waals surface area contributed by atoms with Crippen LogP contribution in [-0.4, -0.2) is 13.7 Å². The number of nitrogens with two attached hydrogens (primary N) is 1. The lowest BCUT2D eigenvalue weighted by Gasteiger charge is -2.12. The average molecular weight is 258 g/mol. The van der Waals surface area contributed by atoms with Gasteiger partial charge in [-0.3, -0.25) is 0 Å². The van der Waals surface area contributed by atoms with E-state index in [1.165, 1.54) is 11.1 Å². The van der Waals surface area contributed by atoms with E-state index in [2.05, 4.69) is 22.9 Å². The minimum atomic E-state index is 0.717. The molecule has 0 aliphatic heterocycles. The Morgan fingerprint density at radius 3 is 2.71 bits per heavy atom. The fraction of sp³-hybridized carbons (Fsp3) is 0.455. The SMILES string of the molecule is COc1ccc(Br)c(C)c1CCCN. The van der Waals surface area contributed by atoms with Gasteiger partial charge >= 0.3 is 0 Å². The normalized spacial score (nSPS) is 10.3. The molecule has 0 bridgehead atoms. The van der Waals surface area contributed by atoms with Gasteiger partial charge in [0.05, 0.1) is 7.11 Å². The van der Waals surface area contributed by atoms with Crippen LogP contribution in [0.25, 0.3) is 0 Å². The van der Waals surface area contributed by atoms with Crippen molar-refractivity contribution < 1.29 is 4.74 Å². The van der Waals surface area contributed by atoms with Crippen LogP contribution < -0.4 is 10.5 Å². The summed E-state index contributed by atoms with van der Waals surface area (Å²) < 4.78 is 6.45. The van der Waals surface area contributed by atoms with Crippen LogP contribution in [0, 0.1) is 6.92 Å². The molecule has 3 heteroatoms. The van der Waals surface area contributed by atoms with Crippen LogP contribution in [0.5, 0.6) is 5.75 Å². The lowest BCUT2D eigenvalue weighted by molar-refractivity contribution is 0.408. The fourth-order valence-corrected chi connectivity index (χ4v) is 1.86. The largest absolute Gasteiger partial charge is 0.496 e. The third kappa shape index (κ3) is 2.49. The van der Waals surface area contributed by atoms with Gasteiger partial charge < -0.3 is 10.5 Å². The summed E-state index contributed by atoms with van der Waals surface area (Å²) >= 11 is 3.51. The van der Waals surface area contributed by atoms with Gasteiger partial charge in [0.25, 0.3) is 0 Å². The van der Waals surface area contributed by atoms with Gasteiger partial charge in [0.1, 0.15) is 5.75 Å². The molecule has 0 saturated carbocycles. The van der Waals surface area contributed by atoms with Crippen molar-refractivity contribution in [3.63, 3.8) is 0 Å². The molecular weight excluding hydrogens is 242 g/mol. The Bertz CT molecular complexity index is 312. The lowest BCUT2D eigenvalue weighted by Crippen LogP contribution is -2.03. The van der Waals surface area contributed by atoms with E-state index in [9.17, 15) is 0 Å². The van der Waals surface area contributed by atoms with Crippen molar-refractivity contribution in [2.75, 3.05) is 13.7 Å². The molecule has 0 amide bonds. The number of rotatable bonds is 4. The number of methoxy groups -OCH3 is 1. The quantitative estimate of drug-likeness (QED) is 0.901. The summed E-state index contributed by atoms with van der Waals surface area (Å²) in [6.07, 6.45) is 1.97. The van der Waals surface area contributed by atoms with E-state index in [1.807, 2.05) is 12.1 Å². The van der Waals surface area contributed by atoms with E-state index in [1.54, 1.807) is 7.11 Å². The Hall–Kier alpha value is -0.540. The van der Waals surface area contributed by atoms with E-state index >= 15 is 0 Å². The first kappa shape index (κ1) is 11.5. The van der Waals surface area contributed by atoms with Crippen LogP contribution in [0.4, 0.5) is 0 Å². The molecule has 0 spiro atoms. The molecular formula is C11H16BrNO. The molecule has 2 nitrogen and oxygen atoms in total. The van der Waals surface area contributed by atoms with Crippen LogP contribution in [0.1, 0.15) is 17.5 Å². The summed E-state index contributed by atoms with van der Waals surface area (Å²) in [6.45, 7) is 2.81. The van der Waals surface area contributed by atoms with Crippen molar-refractivity contribution in [3.8, 4) is 5.75 Å². The topological polar surface area (TPSA) is 35.2 Å². The lowest BCUT2D eigenvalue weighted by atomic mass is 10.0. The van der Waals surface area contributed by atoms with E-state index < -0.39 is 0 Å². The molecule has 0 unspecified atom stereocenters. The molecule has 0 saturated heterocycles. The Kier molecular flexibility index (Phi) is 4.42. The standard InChI is InChI=1S/C11H16BrNO/c1-8-9(4-3-7-13)11(14-2)6-5-10(8)12/h5-6H,3-4,7,13H2,1-2H3. The van der Waals surface area contributed by atoms with Gasteiger partial charge in [-0.15, -0.1) is 0 Å². The van der Waals surface area contributed by atoms with Gasteiger partial charge in [-0.2, -0.15) is 0 Å². The van der Waals surface area contributed by atoms with Crippen molar-refractivity contribution in [1.29, 1.82) is 0 Å². The maximum atomic E-state index is 5.50. The van der Waals surface area contributed by atoms with Gasteiger partial charge in [-0.1, -0.05) is 15.9 Å². The summed E-state index contributed by atoms with van der Waals surface area (Å²) in [6, 6.07) is 4.00. The molecule has 14 heavy (non-hydrogen) atoms. The molecule has 2 N–H and O–H groups in total. The molecule has 0 aromatic heterocycles. The predicted octanol–water partition coefficient (Wildman–Crippen LogP) is 2.66. The maximum absolute atomic E-state index is 5.50. The van der Waals surface area contributed by atoms with Crippen LogP contribution >= 0.6 is 15.9 Å². The van der Waals surface area contributed by atoms with E-state index in [0.29, 0.717) is 0 Å². The Labute approximate surface area is 93.6 Å². The molecule has 0 radical (unpaired) electrons. The molecule has 1 aromatic carbocycles. The summed E-state index contributed by atoms with van der Waals surface area (Å²) in [5.74, 6) is 0.958. The summed E-state index contributed by atoms with van der Waals surface area (Å²) in [4.78, 5) is 0. The monoisotopic (exact) mass is 257 g/mol. The second kappa shape index (κ2) is 5.37. The summed E-state index contributed by atoms with van der Waals surface area (Å²) in [5.41, 5.74) is 8.01. The number of halogens is 1. The summed E-state index contributed by atoms with van der Waals surface area (Å²) in [7, 11) is 1.70. The molecule has 0 heterocycles. The van der Waals surface area contributed by atoms with Crippen LogP contribution in [0.15, 0.2) is 16.6 Å². The van der Waals surface area contributed by atoms with Crippen molar-refractivity contribution in [2.24, 2.45) is 5.73 Å². The zero-order chi connectivity index (χ0) is 10.6. The summed E-state index contributed by atoms with van der Waals surface area (Å²) in [5, 5.41) is 0. The van der Waals surface area contributed by atoms with Crippen molar-refractivity contribution in [2.45, 2.75) is 19.8 Å². The zero-order valence-electron chi connectivity index (χ0n) is 8.64. The minimum absolute atomic E-state index is 0.717. The molecule has 78 valence electrons. The molecule has 0 atom stereocenters. The highest BCUT2D eigenvalue weighted by atomic mass is 79.9. The molecule has 1 rings (SSSR count). The average Bonchev–Trinajstić information content (AvgIpc) is 2.20. The number of benzene rings is 1. The first-order valence-electron chi connectivity index (χ1n) is 4.72. The first-order valence-corrected chi connectivity index (χ1v) is 5.52. The second-order valence-electron chi connectivity index (χ2n) is 3.25. The van der Waals surface area contributed by atoms with Gasteiger partial charge in [-0.05, 0) is 49.6 Å². The van der Waals surface area contributed by atoms with Crippen molar-refractivity contribution in [3.05, 3.63) is 27.7 Å². The highest BCUT2D eigenvalue weighted by Gasteiger charge is 2.08. The number of hydrogen-bond acceptors (Lipinski definition) is 2. The Morgan fingerprint density at radius 1 is 1.43 bits per heavy atom. The number of ether oxygens (including phenoxy) is 1. The number of hydrogen-bond donors (Lipinski definition) is 1. The molecule has 0 aliphatic carbocycles. The minimum Gasteiger partial charge on any atom is -0.496 e. The highest BCUT2D eigenvalue weighted by molar-refractivity contribution is 9.10. The molecule has 1 aromatic rings. The van der Waals surface area contributed by atoms with Gasteiger partial charge in [0.2, 0.25) is 0 Å².